The van der Waals surface area contributed by atoms with Crippen molar-refractivity contribution >= 4 is 11.7 Å². The molecule has 6 nitrogen and oxygen atoms in total. The first-order valence-corrected chi connectivity index (χ1v) is 6.80. The van der Waals surface area contributed by atoms with E-state index in [9.17, 15) is 4.79 Å². The predicted octanol–water partition coefficient (Wildman–Crippen LogP) is -0.204. The Bertz CT molecular complexity index is 470. The van der Waals surface area contributed by atoms with Gasteiger partial charge in [0.15, 0.2) is 0 Å². The average Bonchev–Trinajstić information content (AvgIpc) is 2.86. The van der Waals surface area contributed by atoms with E-state index in [-0.39, 0.29) is 11.9 Å². The lowest BCUT2D eigenvalue weighted by Crippen LogP contribution is -2.52. The Morgan fingerprint density at radius 3 is 2.58 bits per heavy atom. The topological polar surface area (TPSA) is 61.4 Å². The maximum atomic E-state index is 11.7. The SMILES string of the molecule is Cc1nccnc1N1CCN(C2CCNC2=O)CC1. The third-order valence-electron chi connectivity index (χ3n) is 3.93. The number of aryl methyl sites for hydroxylation is 1. The summed E-state index contributed by atoms with van der Waals surface area (Å²) in [6.07, 6.45) is 4.39. The smallest absolute Gasteiger partial charge is 0.237 e. The standard InChI is InChI=1S/C13H19N5O/c1-10-12(15-5-4-14-10)18-8-6-17(7-9-18)11-2-3-16-13(11)19/h4-5,11H,2-3,6-9H2,1H3,(H,16,19). The van der Waals surface area contributed by atoms with E-state index in [1.54, 1.807) is 12.4 Å². The summed E-state index contributed by atoms with van der Waals surface area (Å²) in [5.41, 5.74) is 0.967. The van der Waals surface area contributed by atoms with Gasteiger partial charge in [0.05, 0.1) is 11.7 Å². The van der Waals surface area contributed by atoms with Crippen LogP contribution in [0.1, 0.15) is 12.1 Å². The molecule has 0 saturated carbocycles. The lowest BCUT2D eigenvalue weighted by atomic mass is 10.2. The number of carbonyl (C=O) groups excluding carboxylic acids is 1. The number of amides is 1. The number of piperazine rings is 1. The molecule has 1 aromatic heterocycles. The molecule has 0 spiro atoms. The van der Waals surface area contributed by atoms with Crippen LogP contribution in [0.5, 0.6) is 0 Å². The molecule has 0 radical (unpaired) electrons. The van der Waals surface area contributed by atoms with Gasteiger partial charge in [0, 0.05) is 45.1 Å². The highest BCUT2D eigenvalue weighted by Gasteiger charge is 2.32. The molecule has 0 aromatic carbocycles. The summed E-state index contributed by atoms with van der Waals surface area (Å²) in [5, 5.41) is 2.90. The number of hydrogen-bond acceptors (Lipinski definition) is 5. The number of nitrogens with zero attached hydrogens (tertiary/aromatic N) is 4. The van der Waals surface area contributed by atoms with E-state index in [1.165, 1.54) is 0 Å². The molecule has 2 saturated heterocycles. The molecular weight excluding hydrogens is 242 g/mol. The number of carbonyl (C=O) groups is 1. The van der Waals surface area contributed by atoms with Gasteiger partial charge in [-0.2, -0.15) is 0 Å². The Morgan fingerprint density at radius 1 is 1.21 bits per heavy atom. The van der Waals surface area contributed by atoms with E-state index in [2.05, 4.69) is 25.1 Å². The molecule has 2 fully saturated rings. The van der Waals surface area contributed by atoms with Gasteiger partial charge in [-0.1, -0.05) is 0 Å². The fraction of sp³-hybridized carbons (Fsp3) is 0.615. The first-order chi connectivity index (χ1) is 9.25. The number of anilines is 1. The zero-order chi connectivity index (χ0) is 13.2. The van der Waals surface area contributed by atoms with Crippen LogP contribution in [0, 0.1) is 6.92 Å². The molecule has 6 heteroatoms. The summed E-state index contributed by atoms with van der Waals surface area (Å²) in [5.74, 6) is 1.15. The number of aromatic nitrogens is 2. The Hall–Kier alpha value is -1.69. The number of nitrogens with one attached hydrogen (secondary N) is 1. The average molecular weight is 261 g/mol. The molecule has 0 bridgehead atoms. The summed E-state index contributed by atoms with van der Waals surface area (Å²) < 4.78 is 0. The minimum absolute atomic E-state index is 0.0742. The summed E-state index contributed by atoms with van der Waals surface area (Å²) in [6, 6.07) is 0.0742. The molecule has 2 aliphatic rings. The van der Waals surface area contributed by atoms with Gasteiger partial charge in [0.25, 0.3) is 0 Å². The molecule has 1 aromatic rings. The van der Waals surface area contributed by atoms with Crippen LogP contribution in [0.15, 0.2) is 12.4 Å². The number of hydrogen-bond donors (Lipinski definition) is 1. The van der Waals surface area contributed by atoms with Crippen molar-refractivity contribution in [3.8, 4) is 0 Å². The van der Waals surface area contributed by atoms with Crippen molar-refractivity contribution in [3.05, 3.63) is 18.1 Å². The van der Waals surface area contributed by atoms with Crippen molar-refractivity contribution < 1.29 is 4.79 Å². The molecule has 1 amide bonds. The van der Waals surface area contributed by atoms with Gasteiger partial charge in [-0.15, -0.1) is 0 Å². The van der Waals surface area contributed by atoms with Crippen molar-refractivity contribution in [2.45, 2.75) is 19.4 Å². The van der Waals surface area contributed by atoms with E-state index in [0.717, 1.165) is 50.7 Å². The second-order valence-electron chi connectivity index (χ2n) is 5.08. The van der Waals surface area contributed by atoms with Gasteiger partial charge < -0.3 is 10.2 Å². The lowest BCUT2D eigenvalue weighted by molar-refractivity contribution is -0.123. The van der Waals surface area contributed by atoms with Crippen LogP contribution in [-0.2, 0) is 4.79 Å². The van der Waals surface area contributed by atoms with Crippen molar-refractivity contribution in [2.24, 2.45) is 0 Å². The second-order valence-corrected chi connectivity index (χ2v) is 5.08. The molecule has 19 heavy (non-hydrogen) atoms. The van der Waals surface area contributed by atoms with Gasteiger partial charge in [0.2, 0.25) is 5.91 Å². The van der Waals surface area contributed by atoms with Crippen molar-refractivity contribution in [3.63, 3.8) is 0 Å². The summed E-state index contributed by atoms with van der Waals surface area (Å²) in [6.45, 7) is 6.43. The van der Waals surface area contributed by atoms with Crippen molar-refractivity contribution in [1.29, 1.82) is 0 Å². The number of rotatable bonds is 2. The van der Waals surface area contributed by atoms with Gasteiger partial charge >= 0.3 is 0 Å². The summed E-state index contributed by atoms with van der Waals surface area (Å²) >= 11 is 0. The first kappa shape index (κ1) is 12.3. The van der Waals surface area contributed by atoms with Gasteiger partial charge in [0.1, 0.15) is 5.82 Å². The fourth-order valence-corrected chi connectivity index (χ4v) is 2.89. The Labute approximate surface area is 112 Å². The molecule has 2 aliphatic heterocycles. The fourth-order valence-electron chi connectivity index (χ4n) is 2.89. The van der Waals surface area contributed by atoms with Crippen LogP contribution >= 0.6 is 0 Å². The molecule has 3 heterocycles. The van der Waals surface area contributed by atoms with Crippen LogP contribution in [0.3, 0.4) is 0 Å². The molecule has 1 unspecified atom stereocenters. The largest absolute Gasteiger partial charge is 0.355 e. The summed E-state index contributed by atoms with van der Waals surface area (Å²) in [4.78, 5) is 24.9. The normalized spacial score (nSPS) is 24.6. The molecule has 3 rings (SSSR count). The quantitative estimate of drug-likeness (QED) is 0.798. The zero-order valence-electron chi connectivity index (χ0n) is 11.2. The Balaban J connectivity index is 1.63. The second kappa shape index (κ2) is 5.13. The van der Waals surface area contributed by atoms with Crippen LogP contribution < -0.4 is 10.2 Å². The molecule has 1 atom stereocenters. The maximum absolute atomic E-state index is 11.7. The predicted molar refractivity (Wildman–Crippen MR) is 72.0 cm³/mol. The van der Waals surface area contributed by atoms with Gasteiger partial charge in [-0.05, 0) is 13.3 Å². The van der Waals surface area contributed by atoms with Crippen LogP contribution in [0.2, 0.25) is 0 Å². The first-order valence-electron chi connectivity index (χ1n) is 6.80. The molecule has 0 aliphatic carbocycles. The monoisotopic (exact) mass is 261 g/mol. The van der Waals surface area contributed by atoms with Crippen LogP contribution in [0.4, 0.5) is 5.82 Å². The third kappa shape index (κ3) is 2.40. The van der Waals surface area contributed by atoms with Gasteiger partial charge in [-0.3, -0.25) is 14.7 Å². The van der Waals surface area contributed by atoms with Crippen molar-refractivity contribution in [1.82, 2.24) is 20.2 Å². The third-order valence-corrected chi connectivity index (χ3v) is 3.93. The van der Waals surface area contributed by atoms with E-state index in [1.807, 2.05) is 6.92 Å². The summed E-state index contributed by atoms with van der Waals surface area (Å²) in [7, 11) is 0. The van der Waals surface area contributed by atoms with E-state index < -0.39 is 0 Å². The molecular formula is C13H19N5O. The maximum Gasteiger partial charge on any atom is 0.237 e. The minimum Gasteiger partial charge on any atom is -0.355 e. The zero-order valence-corrected chi connectivity index (χ0v) is 11.2. The molecule has 1 N–H and O–H groups in total. The Kier molecular flexibility index (Phi) is 3.33. The Morgan fingerprint density at radius 2 is 1.95 bits per heavy atom. The molecule has 102 valence electrons. The highest BCUT2D eigenvalue weighted by molar-refractivity contribution is 5.83. The van der Waals surface area contributed by atoms with Crippen molar-refractivity contribution in [2.75, 3.05) is 37.6 Å². The van der Waals surface area contributed by atoms with Crippen LogP contribution in [-0.4, -0.2) is 59.5 Å². The highest BCUT2D eigenvalue weighted by atomic mass is 16.2. The van der Waals surface area contributed by atoms with E-state index >= 15 is 0 Å². The van der Waals surface area contributed by atoms with Crippen LogP contribution in [0.25, 0.3) is 0 Å². The highest BCUT2D eigenvalue weighted by Crippen LogP contribution is 2.18. The van der Waals surface area contributed by atoms with E-state index in [4.69, 9.17) is 0 Å². The minimum atomic E-state index is 0.0742. The van der Waals surface area contributed by atoms with E-state index in [0.29, 0.717) is 0 Å². The lowest BCUT2D eigenvalue weighted by Gasteiger charge is -2.37. The van der Waals surface area contributed by atoms with Gasteiger partial charge in [-0.25, -0.2) is 4.98 Å².